The minimum Gasteiger partial charge on any atom is -0.368 e. The molecule has 0 spiro atoms. The van der Waals surface area contributed by atoms with E-state index in [2.05, 4.69) is 26.1 Å². The average molecular weight is 400 g/mol. The Balaban J connectivity index is 1.35. The van der Waals surface area contributed by atoms with Crippen LogP contribution >= 0.6 is 11.6 Å². The van der Waals surface area contributed by atoms with Crippen molar-refractivity contribution in [1.82, 2.24) is 15.1 Å². The van der Waals surface area contributed by atoms with E-state index in [0.29, 0.717) is 0 Å². The van der Waals surface area contributed by atoms with Gasteiger partial charge in [0.25, 0.3) is 0 Å². The molecule has 4 rings (SSSR count). The van der Waals surface area contributed by atoms with Crippen molar-refractivity contribution in [1.29, 1.82) is 0 Å². The van der Waals surface area contributed by atoms with Crippen molar-refractivity contribution in [3.63, 3.8) is 0 Å². The van der Waals surface area contributed by atoms with E-state index in [0.717, 1.165) is 74.3 Å². The minimum absolute atomic E-state index is 0.0366. The van der Waals surface area contributed by atoms with Crippen molar-refractivity contribution in [3.8, 4) is 0 Å². The van der Waals surface area contributed by atoms with Gasteiger partial charge in [0, 0.05) is 50.0 Å². The maximum Gasteiger partial charge on any atom is 0.227 e. The second-order valence-electron chi connectivity index (χ2n) is 7.61. The van der Waals surface area contributed by atoms with Gasteiger partial charge in [0.1, 0.15) is 0 Å². The van der Waals surface area contributed by atoms with Crippen LogP contribution in [-0.4, -0.2) is 60.3 Å². The maximum absolute atomic E-state index is 13.1. The molecule has 1 amide bonds. The van der Waals surface area contributed by atoms with Crippen molar-refractivity contribution in [3.05, 3.63) is 47.1 Å². The highest BCUT2D eigenvalue weighted by Crippen LogP contribution is 2.25. The number of rotatable bonds is 3. The first kappa shape index (κ1) is 19.0. The van der Waals surface area contributed by atoms with Crippen LogP contribution in [-0.2, 0) is 4.79 Å². The van der Waals surface area contributed by atoms with E-state index in [4.69, 9.17) is 11.6 Å². The topological polar surface area (TPSA) is 52.6 Å². The molecule has 2 saturated heterocycles. The Morgan fingerprint density at radius 1 is 1.04 bits per heavy atom. The van der Waals surface area contributed by atoms with Crippen molar-refractivity contribution >= 4 is 29.0 Å². The summed E-state index contributed by atoms with van der Waals surface area (Å²) in [5.41, 5.74) is 2.03. The van der Waals surface area contributed by atoms with E-state index in [1.807, 2.05) is 42.2 Å². The molecule has 148 valence electrons. The molecule has 1 atom stereocenters. The summed E-state index contributed by atoms with van der Waals surface area (Å²) < 4.78 is 0. The lowest BCUT2D eigenvalue weighted by atomic mass is 9.96. The SMILES string of the molecule is Cc1ccc(N2CCCC(C(=O)N3CCN(c4cccc(Cl)c4)CC3)C2)nn1. The molecule has 28 heavy (non-hydrogen) atoms. The van der Waals surface area contributed by atoms with Crippen molar-refractivity contribution in [2.45, 2.75) is 19.8 Å². The lowest BCUT2D eigenvalue weighted by Gasteiger charge is -2.40. The second kappa shape index (κ2) is 8.35. The van der Waals surface area contributed by atoms with Gasteiger partial charge in [-0.3, -0.25) is 4.79 Å². The van der Waals surface area contributed by atoms with Crippen LogP contribution in [0.25, 0.3) is 0 Å². The zero-order chi connectivity index (χ0) is 19.5. The zero-order valence-corrected chi connectivity index (χ0v) is 17.0. The Hall–Kier alpha value is -2.34. The van der Waals surface area contributed by atoms with Crippen LogP contribution in [0.4, 0.5) is 11.5 Å². The molecule has 0 N–H and O–H groups in total. The van der Waals surface area contributed by atoms with Crippen LogP contribution in [0.3, 0.4) is 0 Å². The fourth-order valence-electron chi connectivity index (χ4n) is 4.06. The normalized spacial score (nSPS) is 20.4. The molecule has 6 nitrogen and oxygen atoms in total. The van der Waals surface area contributed by atoms with Crippen LogP contribution in [0.2, 0.25) is 5.02 Å². The summed E-state index contributed by atoms with van der Waals surface area (Å²) in [5.74, 6) is 1.18. The van der Waals surface area contributed by atoms with Crippen LogP contribution in [0, 0.1) is 12.8 Å². The molecule has 1 aromatic heterocycles. The van der Waals surface area contributed by atoms with Gasteiger partial charge in [-0.25, -0.2) is 0 Å². The van der Waals surface area contributed by atoms with Gasteiger partial charge in [0.15, 0.2) is 5.82 Å². The number of aromatic nitrogens is 2. The number of benzene rings is 1. The molecular formula is C21H26ClN5O. The number of hydrogen-bond donors (Lipinski definition) is 0. The summed E-state index contributed by atoms with van der Waals surface area (Å²) in [6.45, 7) is 6.79. The van der Waals surface area contributed by atoms with Gasteiger partial charge in [0.2, 0.25) is 5.91 Å². The molecule has 2 aliphatic rings. The fourth-order valence-corrected chi connectivity index (χ4v) is 4.25. The summed E-state index contributed by atoms with van der Waals surface area (Å²) in [6, 6.07) is 11.9. The summed E-state index contributed by atoms with van der Waals surface area (Å²) >= 11 is 6.11. The predicted octanol–water partition coefficient (Wildman–Crippen LogP) is 3.00. The average Bonchev–Trinajstić information content (AvgIpc) is 2.74. The number of hydrogen-bond acceptors (Lipinski definition) is 5. The van der Waals surface area contributed by atoms with Crippen LogP contribution in [0.1, 0.15) is 18.5 Å². The first-order chi connectivity index (χ1) is 13.6. The number of carbonyl (C=O) groups is 1. The molecule has 0 radical (unpaired) electrons. The number of carbonyl (C=O) groups excluding carboxylic acids is 1. The zero-order valence-electron chi connectivity index (χ0n) is 16.2. The Labute approximate surface area is 171 Å². The van der Waals surface area contributed by atoms with Gasteiger partial charge in [0.05, 0.1) is 11.6 Å². The van der Waals surface area contributed by atoms with E-state index in [-0.39, 0.29) is 11.8 Å². The van der Waals surface area contributed by atoms with Crippen molar-refractivity contribution in [2.75, 3.05) is 49.1 Å². The molecule has 0 bridgehead atoms. The summed E-state index contributed by atoms with van der Waals surface area (Å²) in [7, 11) is 0. The number of halogens is 1. The Morgan fingerprint density at radius 3 is 2.57 bits per heavy atom. The third-order valence-corrected chi connectivity index (χ3v) is 5.88. The fraction of sp³-hybridized carbons (Fsp3) is 0.476. The Kier molecular flexibility index (Phi) is 5.67. The quantitative estimate of drug-likeness (QED) is 0.794. The predicted molar refractivity (Wildman–Crippen MR) is 112 cm³/mol. The van der Waals surface area contributed by atoms with E-state index in [9.17, 15) is 4.79 Å². The standard InChI is InChI=1S/C21H26ClN5O/c1-16-7-8-20(24-23-16)27-9-3-4-17(15-27)21(28)26-12-10-25(11-13-26)19-6-2-5-18(22)14-19/h2,5-8,14,17H,3-4,9-13,15H2,1H3. The van der Waals surface area contributed by atoms with Crippen LogP contribution in [0.5, 0.6) is 0 Å². The molecule has 7 heteroatoms. The van der Waals surface area contributed by atoms with Gasteiger partial charge in [-0.1, -0.05) is 17.7 Å². The minimum atomic E-state index is 0.0366. The van der Waals surface area contributed by atoms with Gasteiger partial charge < -0.3 is 14.7 Å². The third-order valence-electron chi connectivity index (χ3n) is 5.64. The number of anilines is 2. The van der Waals surface area contributed by atoms with E-state index >= 15 is 0 Å². The highest BCUT2D eigenvalue weighted by molar-refractivity contribution is 6.30. The molecule has 2 aromatic rings. The number of amides is 1. The molecule has 2 aliphatic heterocycles. The van der Waals surface area contributed by atoms with Gasteiger partial charge in [-0.15, -0.1) is 5.10 Å². The highest BCUT2D eigenvalue weighted by Gasteiger charge is 2.31. The van der Waals surface area contributed by atoms with E-state index in [1.54, 1.807) is 0 Å². The molecular weight excluding hydrogens is 374 g/mol. The second-order valence-corrected chi connectivity index (χ2v) is 8.05. The summed E-state index contributed by atoms with van der Waals surface area (Å²) in [6.07, 6.45) is 1.96. The van der Waals surface area contributed by atoms with Gasteiger partial charge in [-0.05, 0) is 50.1 Å². The monoisotopic (exact) mass is 399 g/mol. The molecule has 2 fully saturated rings. The number of nitrogens with zero attached hydrogens (tertiary/aromatic N) is 5. The molecule has 3 heterocycles. The molecule has 0 saturated carbocycles. The Morgan fingerprint density at radius 2 is 1.86 bits per heavy atom. The largest absolute Gasteiger partial charge is 0.368 e. The lowest BCUT2D eigenvalue weighted by Crippen LogP contribution is -2.52. The Bertz CT molecular complexity index is 820. The van der Waals surface area contributed by atoms with Gasteiger partial charge >= 0.3 is 0 Å². The number of aryl methyl sites for hydroxylation is 1. The summed E-state index contributed by atoms with van der Waals surface area (Å²) in [5, 5.41) is 9.20. The van der Waals surface area contributed by atoms with E-state index in [1.165, 1.54) is 0 Å². The lowest BCUT2D eigenvalue weighted by molar-refractivity contribution is -0.136. The van der Waals surface area contributed by atoms with Crippen LogP contribution in [0.15, 0.2) is 36.4 Å². The van der Waals surface area contributed by atoms with Crippen molar-refractivity contribution < 1.29 is 4.79 Å². The van der Waals surface area contributed by atoms with Gasteiger partial charge in [-0.2, -0.15) is 5.10 Å². The number of piperidine rings is 1. The molecule has 1 aromatic carbocycles. The highest BCUT2D eigenvalue weighted by atomic mass is 35.5. The van der Waals surface area contributed by atoms with E-state index < -0.39 is 0 Å². The maximum atomic E-state index is 13.1. The first-order valence-electron chi connectivity index (χ1n) is 9.95. The van der Waals surface area contributed by atoms with Crippen LogP contribution < -0.4 is 9.80 Å². The summed E-state index contributed by atoms with van der Waals surface area (Å²) in [4.78, 5) is 19.6. The first-order valence-corrected chi connectivity index (χ1v) is 10.3. The smallest absolute Gasteiger partial charge is 0.227 e. The third kappa shape index (κ3) is 4.22. The molecule has 1 unspecified atom stereocenters. The number of piperazine rings is 1. The molecule has 0 aliphatic carbocycles. The van der Waals surface area contributed by atoms with Crippen molar-refractivity contribution in [2.24, 2.45) is 5.92 Å².